The van der Waals surface area contributed by atoms with Crippen LogP contribution < -0.4 is 0 Å². The Bertz CT molecular complexity index is 285. The third kappa shape index (κ3) is 2.94. The van der Waals surface area contributed by atoms with Crippen LogP contribution in [0.1, 0.15) is 41.0 Å². The first-order valence-corrected chi connectivity index (χ1v) is 5.06. The summed E-state index contributed by atoms with van der Waals surface area (Å²) >= 11 is 0. The van der Waals surface area contributed by atoms with E-state index in [2.05, 4.69) is 0 Å². The molecule has 4 heteroatoms. The van der Waals surface area contributed by atoms with Crippen molar-refractivity contribution >= 4 is 11.9 Å². The topological polar surface area (TPSA) is 52.6 Å². The second-order valence-corrected chi connectivity index (χ2v) is 5.53. The molecule has 86 valence electrons. The van der Waals surface area contributed by atoms with Gasteiger partial charge in [-0.25, -0.2) is 4.79 Å². The lowest BCUT2D eigenvalue weighted by atomic mass is 9.97. The lowest BCUT2D eigenvalue weighted by Crippen LogP contribution is -2.30. The summed E-state index contributed by atoms with van der Waals surface area (Å²) in [6.07, 6.45) is -0.320. The van der Waals surface area contributed by atoms with Gasteiger partial charge in [0.1, 0.15) is 5.60 Å². The molecular weight excluding hydrogens is 196 g/mol. The minimum Gasteiger partial charge on any atom is -0.457 e. The van der Waals surface area contributed by atoms with E-state index in [1.54, 1.807) is 34.6 Å². The molecule has 0 aromatic heterocycles. The van der Waals surface area contributed by atoms with Gasteiger partial charge in [-0.2, -0.15) is 0 Å². The van der Waals surface area contributed by atoms with Crippen LogP contribution in [0.25, 0.3) is 0 Å². The Labute approximate surface area is 89.9 Å². The summed E-state index contributed by atoms with van der Waals surface area (Å²) in [4.78, 5) is 22.9. The number of hydrogen-bond acceptors (Lipinski definition) is 4. The summed E-state index contributed by atoms with van der Waals surface area (Å²) in [5.41, 5.74) is -1.12. The first kappa shape index (κ1) is 12.0. The number of rotatable bonds is 1. The fourth-order valence-electron chi connectivity index (χ4n) is 1.31. The van der Waals surface area contributed by atoms with Gasteiger partial charge < -0.3 is 9.47 Å². The molecule has 4 nitrogen and oxygen atoms in total. The van der Waals surface area contributed by atoms with Gasteiger partial charge in [-0.05, 0) is 34.6 Å². The molecule has 1 aliphatic rings. The molecule has 0 spiro atoms. The van der Waals surface area contributed by atoms with Crippen LogP contribution in [-0.4, -0.2) is 23.6 Å². The summed E-state index contributed by atoms with van der Waals surface area (Å²) < 4.78 is 10.2. The Balaban J connectivity index is 2.62. The summed E-state index contributed by atoms with van der Waals surface area (Å²) in [5.74, 6) is -0.820. The lowest BCUT2D eigenvalue weighted by molar-refractivity contribution is -0.167. The third-order valence-electron chi connectivity index (χ3n) is 2.18. The van der Waals surface area contributed by atoms with Crippen molar-refractivity contribution in [2.24, 2.45) is 5.41 Å². The van der Waals surface area contributed by atoms with Crippen molar-refractivity contribution in [2.75, 3.05) is 0 Å². The molecule has 1 fully saturated rings. The molecule has 1 saturated heterocycles. The van der Waals surface area contributed by atoms with Gasteiger partial charge in [0.05, 0.1) is 5.41 Å². The smallest absolute Gasteiger partial charge is 0.348 e. The number of carbonyl (C=O) groups excluding carboxylic acids is 2. The number of esters is 2. The van der Waals surface area contributed by atoms with Gasteiger partial charge in [-0.3, -0.25) is 4.79 Å². The van der Waals surface area contributed by atoms with Gasteiger partial charge in [0.25, 0.3) is 0 Å². The Morgan fingerprint density at radius 2 is 2.00 bits per heavy atom. The van der Waals surface area contributed by atoms with E-state index in [-0.39, 0.29) is 5.97 Å². The molecule has 0 aromatic carbocycles. The quantitative estimate of drug-likeness (QED) is 0.623. The molecule has 1 atom stereocenters. The van der Waals surface area contributed by atoms with Crippen LogP contribution in [0.2, 0.25) is 0 Å². The molecule has 0 aliphatic carbocycles. The summed E-state index contributed by atoms with van der Waals surface area (Å²) in [6.45, 7) is 8.86. The standard InChI is InChI=1S/C11H18O4/c1-10(2,3)9(13)14-7-6-11(4,5)15-8(7)12/h7H,6H2,1-5H3. The maximum Gasteiger partial charge on any atom is 0.348 e. The summed E-state index contributed by atoms with van der Waals surface area (Å²) in [5, 5.41) is 0. The van der Waals surface area contributed by atoms with E-state index in [1.807, 2.05) is 0 Å². The molecular formula is C11H18O4. The predicted octanol–water partition coefficient (Wildman–Crippen LogP) is 1.67. The number of hydrogen-bond donors (Lipinski definition) is 0. The highest BCUT2D eigenvalue weighted by molar-refractivity contribution is 5.83. The van der Waals surface area contributed by atoms with Gasteiger partial charge in [0, 0.05) is 6.42 Å². The van der Waals surface area contributed by atoms with E-state index in [4.69, 9.17) is 9.47 Å². The molecule has 0 radical (unpaired) electrons. The zero-order valence-corrected chi connectivity index (χ0v) is 9.92. The van der Waals surface area contributed by atoms with Gasteiger partial charge >= 0.3 is 11.9 Å². The van der Waals surface area contributed by atoms with Crippen molar-refractivity contribution < 1.29 is 19.1 Å². The van der Waals surface area contributed by atoms with Crippen molar-refractivity contribution in [3.63, 3.8) is 0 Å². The van der Waals surface area contributed by atoms with E-state index < -0.39 is 23.1 Å². The third-order valence-corrected chi connectivity index (χ3v) is 2.18. The highest BCUT2D eigenvalue weighted by Crippen LogP contribution is 2.29. The fraction of sp³-hybridized carbons (Fsp3) is 0.818. The minimum absolute atomic E-state index is 0.373. The molecule has 0 bridgehead atoms. The SMILES string of the molecule is CC1(C)CC(OC(=O)C(C)(C)C)C(=O)O1. The van der Waals surface area contributed by atoms with Crippen molar-refractivity contribution in [1.29, 1.82) is 0 Å². The van der Waals surface area contributed by atoms with Gasteiger partial charge in [-0.15, -0.1) is 0 Å². The molecule has 1 heterocycles. The molecule has 0 saturated carbocycles. The Hall–Kier alpha value is -1.06. The first-order chi connectivity index (χ1) is 6.62. The predicted molar refractivity (Wildman–Crippen MR) is 54.1 cm³/mol. The zero-order valence-electron chi connectivity index (χ0n) is 9.92. The average molecular weight is 214 g/mol. The Morgan fingerprint density at radius 3 is 2.33 bits per heavy atom. The second-order valence-electron chi connectivity index (χ2n) is 5.53. The van der Waals surface area contributed by atoms with E-state index in [0.717, 1.165) is 0 Å². The molecule has 15 heavy (non-hydrogen) atoms. The van der Waals surface area contributed by atoms with Crippen molar-refractivity contribution in [3.8, 4) is 0 Å². The van der Waals surface area contributed by atoms with Crippen LogP contribution in [0.15, 0.2) is 0 Å². The van der Waals surface area contributed by atoms with Crippen LogP contribution in [0, 0.1) is 5.41 Å². The molecule has 0 amide bonds. The van der Waals surface area contributed by atoms with Crippen LogP contribution in [0.5, 0.6) is 0 Å². The largest absolute Gasteiger partial charge is 0.457 e. The fourth-order valence-corrected chi connectivity index (χ4v) is 1.31. The van der Waals surface area contributed by atoms with Crippen LogP contribution in [-0.2, 0) is 19.1 Å². The van der Waals surface area contributed by atoms with E-state index >= 15 is 0 Å². The van der Waals surface area contributed by atoms with Gasteiger partial charge in [0.2, 0.25) is 6.10 Å². The van der Waals surface area contributed by atoms with Gasteiger partial charge in [-0.1, -0.05) is 0 Å². The van der Waals surface area contributed by atoms with E-state index in [1.165, 1.54) is 0 Å². The number of carbonyl (C=O) groups is 2. The van der Waals surface area contributed by atoms with E-state index in [9.17, 15) is 9.59 Å². The monoisotopic (exact) mass is 214 g/mol. The normalized spacial score (nSPS) is 24.9. The Morgan fingerprint density at radius 1 is 1.47 bits per heavy atom. The van der Waals surface area contributed by atoms with Crippen molar-refractivity contribution in [2.45, 2.75) is 52.7 Å². The lowest BCUT2D eigenvalue weighted by Gasteiger charge is -2.19. The van der Waals surface area contributed by atoms with Crippen LogP contribution in [0.4, 0.5) is 0 Å². The number of cyclic esters (lactones) is 1. The van der Waals surface area contributed by atoms with Crippen LogP contribution in [0.3, 0.4) is 0 Å². The average Bonchev–Trinajstić information content (AvgIpc) is 2.22. The van der Waals surface area contributed by atoms with E-state index in [0.29, 0.717) is 6.42 Å². The number of ether oxygens (including phenoxy) is 2. The van der Waals surface area contributed by atoms with Crippen molar-refractivity contribution in [3.05, 3.63) is 0 Å². The minimum atomic E-state index is -0.744. The highest BCUT2D eigenvalue weighted by atomic mass is 16.6. The van der Waals surface area contributed by atoms with Crippen LogP contribution >= 0.6 is 0 Å². The molecule has 0 N–H and O–H groups in total. The maximum absolute atomic E-state index is 11.5. The second kappa shape index (κ2) is 3.51. The Kier molecular flexibility index (Phi) is 2.81. The highest BCUT2D eigenvalue weighted by Gasteiger charge is 2.43. The molecule has 0 aromatic rings. The summed E-state index contributed by atoms with van der Waals surface area (Å²) in [6, 6.07) is 0. The maximum atomic E-state index is 11.5. The van der Waals surface area contributed by atoms with Gasteiger partial charge in [0.15, 0.2) is 0 Å². The molecule has 1 aliphatic heterocycles. The van der Waals surface area contributed by atoms with Crippen molar-refractivity contribution in [1.82, 2.24) is 0 Å². The first-order valence-electron chi connectivity index (χ1n) is 5.06. The molecule has 1 unspecified atom stereocenters. The zero-order chi connectivity index (χ0) is 11.9. The molecule has 1 rings (SSSR count). The summed E-state index contributed by atoms with van der Waals surface area (Å²) in [7, 11) is 0.